The third-order valence-electron chi connectivity index (χ3n) is 1.44. The van der Waals surface area contributed by atoms with E-state index in [0.29, 0.717) is 0 Å². The normalized spacial score (nSPS) is 9.62. The molecule has 1 aromatic heterocycles. The molecule has 0 saturated heterocycles. The van der Waals surface area contributed by atoms with Crippen molar-refractivity contribution in [3.05, 3.63) is 27.9 Å². The molecule has 0 fully saturated rings. The number of anilines is 1. The Morgan fingerprint density at radius 2 is 2.31 bits per heavy atom. The van der Waals surface area contributed by atoms with Crippen LogP contribution in [0.2, 0.25) is 0 Å². The molecule has 1 heterocycles. The lowest BCUT2D eigenvalue weighted by Crippen LogP contribution is -2.03. The van der Waals surface area contributed by atoms with E-state index in [1.165, 1.54) is 13.0 Å². The molecule has 1 aromatic rings. The Balaban J connectivity index is 3.35. The second-order valence-electron chi connectivity index (χ2n) is 2.45. The van der Waals surface area contributed by atoms with Crippen LogP contribution in [0.4, 0.5) is 11.5 Å². The van der Waals surface area contributed by atoms with Crippen LogP contribution in [-0.2, 0) is 0 Å². The van der Waals surface area contributed by atoms with Gasteiger partial charge in [0.2, 0.25) is 0 Å². The molecule has 0 aliphatic carbocycles. The van der Waals surface area contributed by atoms with E-state index in [1.54, 1.807) is 0 Å². The zero-order valence-corrected chi connectivity index (χ0v) is 6.85. The first-order chi connectivity index (χ1) is 6.02. The summed E-state index contributed by atoms with van der Waals surface area (Å²) in [5.41, 5.74) is 5.50. The van der Waals surface area contributed by atoms with E-state index < -0.39 is 16.5 Å². The minimum absolute atomic E-state index is 0.0648. The molecule has 68 valence electrons. The van der Waals surface area contributed by atoms with E-state index in [-0.39, 0.29) is 11.3 Å². The summed E-state index contributed by atoms with van der Waals surface area (Å²) in [5.74, 6) is -0.881. The molecule has 0 spiro atoms. The molecule has 2 N–H and O–H groups in total. The molecule has 0 saturated carbocycles. The minimum atomic E-state index is -0.712. The summed E-state index contributed by atoms with van der Waals surface area (Å²) in [5, 5.41) is 10.4. The summed E-state index contributed by atoms with van der Waals surface area (Å²) in [7, 11) is 0. The van der Waals surface area contributed by atoms with Crippen molar-refractivity contribution in [2.45, 2.75) is 6.92 Å². The number of nitrogens with two attached hydrogens (primary N) is 1. The smallest absolute Gasteiger partial charge is 0.374 e. The van der Waals surface area contributed by atoms with Crippen LogP contribution < -0.4 is 5.73 Å². The molecule has 0 radical (unpaired) electrons. The van der Waals surface area contributed by atoms with Gasteiger partial charge >= 0.3 is 5.82 Å². The Labute approximate surface area is 73.5 Å². The Bertz CT molecular complexity index is 375. The zero-order valence-electron chi connectivity index (χ0n) is 6.85. The van der Waals surface area contributed by atoms with Gasteiger partial charge in [-0.15, -0.1) is 0 Å². The largest absolute Gasteiger partial charge is 0.396 e. The van der Waals surface area contributed by atoms with Crippen molar-refractivity contribution < 1.29 is 9.72 Å². The Hall–Kier alpha value is -1.98. The van der Waals surface area contributed by atoms with E-state index in [0.717, 1.165) is 6.20 Å². The van der Waals surface area contributed by atoms with Gasteiger partial charge in [-0.2, -0.15) is 0 Å². The van der Waals surface area contributed by atoms with Crippen molar-refractivity contribution in [2.75, 3.05) is 5.73 Å². The fourth-order valence-electron chi connectivity index (χ4n) is 0.878. The van der Waals surface area contributed by atoms with Crippen LogP contribution in [0.3, 0.4) is 0 Å². The van der Waals surface area contributed by atoms with Gasteiger partial charge < -0.3 is 15.8 Å². The monoisotopic (exact) mass is 181 g/mol. The van der Waals surface area contributed by atoms with E-state index in [9.17, 15) is 14.9 Å². The number of carbonyl (C=O) groups excluding carboxylic acids is 1. The third-order valence-corrected chi connectivity index (χ3v) is 1.44. The average Bonchev–Trinajstić information content (AvgIpc) is 2.03. The number of nitrogen functional groups attached to an aromatic ring is 1. The molecule has 0 aromatic carbocycles. The highest BCUT2D eigenvalue weighted by Crippen LogP contribution is 2.17. The summed E-state index contributed by atoms with van der Waals surface area (Å²) in [6.45, 7) is 1.23. The van der Waals surface area contributed by atoms with Gasteiger partial charge in [0.15, 0.2) is 12.0 Å². The molecular formula is C7H7N3O3. The van der Waals surface area contributed by atoms with Crippen LogP contribution in [0.15, 0.2) is 12.3 Å². The second-order valence-corrected chi connectivity index (χ2v) is 2.45. The highest BCUT2D eigenvalue weighted by atomic mass is 16.6. The molecule has 0 amide bonds. The van der Waals surface area contributed by atoms with Crippen molar-refractivity contribution in [1.82, 2.24) is 4.98 Å². The molecule has 1 rings (SSSR count). The summed E-state index contributed by atoms with van der Waals surface area (Å²) < 4.78 is 0. The standard InChI is InChI=1S/C7H7N3O3/c1-4(11)6-2-5(8)3-9-7(6)10(12)13/h2-3H,8H2,1H3. The number of rotatable bonds is 2. The van der Waals surface area contributed by atoms with Crippen molar-refractivity contribution in [1.29, 1.82) is 0 Å². The van der Waals surface area contributed by atoms with Crippen LogP contribution in [0.5, 0.6) is 0 Å². The lowest BCUT2D eigenvalue weighted by Gasteiger charge is -1.98. The highest BCUT2D eigenvalue weighted by Gasteiger charge is 2.18. The Morgan fingerprint density at radius 1 is 1.69 bits per heavy atom. The number of nitrogens with zero attached hydrogens (tertiary/aromatic N) is 2. The zero-order chi connectivity index (χ0) is 10.0. The van der Waals surface area contributed by atoms with Crippen molar-refractivity contribution in [2.24, 2.45) is 0 Å². The maximum atomic E-state index is 10.9. The van der Waals surface area contributed by atoms with Gasteiger partial charge in [0.1, 0.15) is 5.56 Å². The van der Waals surface area contributed by atoms with Gasteiger partial charge in [-0.1, -0.05) is 0 Å². The first kappa shape index (κ1) is 9.11. The van der Waals surface area contributed by atoms with Crippen molar-refractivity contribution in [3.63, 3.8) is 0 Å². The predicted octanol–water partition coefficient (Wildman–Crippen LogP) is 0.775. The first-order valence-corrected chi connectivity index (χ1v) is 3.43. The molecule has 0 bridgehead atoms. The van der Waals surface area contributed by atoms with Gasteiger partial charge in [0.25, 0.3) is 0 Å². The number of carbonyl (C=O) groups is 1. The molecule has 6 nitrogen and oxygen atoms in total. The van der Waals surface area contributed by atoms with Crippen LogP contribution in [0.1, 0.15) is 17.3 Å². The second kappa shape index (κ2) is 3.18. The molecule has 13 heavy (non-hydrogen) atoms. The number of aromatic nitrogens is 1. The van der Waals surface area contributed by atoms with Crippen LogP contribution >= 0.6 is 0 Å². The lowest BCUT2D eigenvalue weighted by atomic mass is 10.2. The third kappa shape index (κ3) is 1.78. The summed E-state index contributed by atoms with van der Waals surface area (Å²) in [6, 6.07) is 1.24. The Morgan fingerprint density at radius 3 is 2.77 bits per heavy atom. The molecule has 0 atom stereocenters. The highest BCUT2D eigenvalue weighted by molar-refractivity contribution is 5.98. The fourth-order valence-corrected chi connectivity index (χ4v) is 0.878. The minimum Gasteiger partial charge on any atom is -0.396 e. The number of nitro groups is 1. The number of ketones is 1. The molecule has 0 unspecified atom stereocenters. The molecular weight excluding hydrogens is 174 g/mol. The van der Waals surface area contributed by atoms with Gasteiger partial charge in [0.05, 0.1) is 5.69 Å². The summed E-state index contributed by atoms with van der Waals surface area (Å²) >= 11 is 0. The quantitative estimate of drug-likeness (QED) is 0.412. The average molecular weight is 181 g/mol. The van der Waals surface area contributed by atoms with Crippen LogP contribution in [0.25, 0.3) is 0 Å². The van der Waals surface area contributed by atoms with E-state index >= 15 is 0 Å². The number of hydrogen-bond acceptors (Lipinski definition) is 5. The van der Waals surface area contributed by atoms with E-state index in [2.05, 4.69) is 4.98 Å². The molecule has 6 heteroatoms. The maximum Gasteiger partial charge on any atom is 0.374 e. The van der Waals surface area contributed by atoms with E-state index in [4.69, 9.17) is 5.73 Å². The number of Topliss-reactive ketones (excluding diaryl/α,β-unsaturated/α-hetero) is 1. The predicted molar refractivity (Wildman–Crippen MR) is 45.3 cm³/mol. The molecule has 0 aliphatic heterocycles. The summed E-state index contributed by atoms with van der Waals surface area (Å²) in [6.07, 6.45) is 1.14. The Kier molecular flexibility index (Phi) is 2.23. The first-order valence-electron chi connectivity index (χ1n) is 3.43. The molecule has 0 aliphatic rings. The fraction of sp³-hybridized carbons (Fsp3) is 0.143. The van der Waals surface area contributed by atoms with Gasteiger partial charge in [-0.05, 0) is 22.9 Å². The van der Waals surface area contributed by atoms with Crippen LogP contribution in [0, 0.1) is 10.1 Å². The van der Waals surface area contributed by atoms with Gasteiger partial charge in [-0.3, -0.25) is 4.79 Å². The topological polar surface area (TPSA) is 99.1 Å². The SMILES string of the molecule is CC(=O)c1cc(N)cnc1[N+](=O)[O-]. The summed E-state index contributed by atoms with van der Waals surface area (Å²) in [4.78, 5) is 24.1. The lowest BCUT2D eigenvalue weighted by molar-refractivity contribution is -0.389. The van der Waals surface area contributed by atoms with Crippen molar-refractivity contribution >= 4 is 17.3 Å². The van der Waals surface area contributed by atoms with Crippen molar-refractivity contribution in [3.8, 4) is 0 Å². The number of hydrogen-bond donors (Lipinski definition) is 1. The van der Waals surface area contributed by atoms with Gasteiger partial charge in [-0.25, -0.2) is 0 Å². The van der Waals surface area contributed by atoms with Crippen LogP contribution in [-0.4, -0.2) is 15.7 Å². The van der Waals surface area contributed by atoms with E-state index in [1.807, 2.05) is 0 Å². The number of pyridine rings is 1. The maximum absolute atomic E-state index is 10.9. The van der Waals surface area contributed by atoms with Gasteiger partial charge in [0, 0.05) is 0 Å².